The van der Waals surface area contributed by atoms with Gasteiger partial charge in [0.1, 0.15) is 0 Å². The molecule has 0 radical (unpaired) electrons. The highest BCUT2D eigenvalue weighted by atomic mass is 32.1. The molecule has 4 heteroatoms. The van der Waals surface area contributed by atoms with Crippen LogP contribution in [-0.2, 0) is 6.54 Å². The molecule has 1 saturated heterocycles. The Balaban J connectivity index is 1.74. The van der Waals surface area contributed by atoms with Crippen molar-refractivity contribution in [3.05, 3.63) is 22.4 Å². The van der Waals surface area contributed by atoms with Crippen molar-refractivity contribution >= 4 is 11.3 Å². The number of hydrogen-bond acceptors (Lipinski definition) is 4. The average Bonchev–Trinajstić information content (AvgIpc) is 2.71. The van der Waals surface area contributed by atoms with Crippen molar-refractivity contribution in [1.82, 2.24) is 9.80 Å². The van der Waals surface area contributed by atoms with Crippen molar-refractivity contribution < 1.29 is 5.11 Å². The molecule has 1 aliphatic rings. The summed E-state index contributed by atoms with van der Waals surface area (Å²) in [5, 5.41) is 11.9. The summed E-state index contributed by atoms with van der Waals surface area (Å²) < 4.78 is 0. The summed E-state index contributed by atoms with van der Waals surface area (Å²) in [5.41, 5.74) is -0.573. The lowest BCUT2D eigenvalue weighted by Gasteiger charge is -2.37. The van der Waals surface area contributed by atoms with Crippen molar-refractivity contribution in [3.8, 4) is 0 Å². The first-order valence-electron chi connectivity index (χ1n) is 6.22. The fraction of sp³-hybridized carbons (Fsp3) is 0.692. The van der Waals surface area contributed by atoms with Crippen molar-refractivity contribution in [3.63, 3.8) is 0 Å². The van der Waals surface area contributed by atoms with E-state index < -0.39 is 5.60 Å². The van der Waals surface area contributed by atoms with Gasteiger partial charge in [0, 0.05) is 44.1 Å². The second-order valence-electron chi connectivity index (χ2n) is 5.44. The minimum atomic E-state index is -0.573. The summed E-state index contributed by atoms with van der Waals surface area (Å²) in [5.74, 6) is 0. The number of nitrogens with zero attached hydrogens (tertiary/aromatic N) is 2. The molecule has 0 spiro atoms. The molecule has 0 aromatic carbocycles. The van der Waals surface area contributed by atoms with Gasteiger partial charge in [0.15, 0.2) is 0 Å². The summed E-state index contributed by atoms with van der Waals surface area (Å²) in [6.07, 6.45) is 0. The van der Waals surface area contributed by atoms with Gasteiger partial charge >= 0.3 is 0 Å². The van der Waals surface area contributed by atoms with E-state index in [0.717, 1.165) is 39.3 Å². The maximum absolute atomic E-state index is 9.79. The lowest BCUT2D eigenvalue weighted by molar-refractivity contribution is 0.0168. The van der Waals surface area contributed by atoms with Crippen LogP contribution in [0.4, 0.5) is 0 Å². The number of piperazine rings is 1. The zero-order valence-corrected chi connectivity index (χ0v) is 11.5. The Morgan fingerprint density at radius 2 is 1.88 bits per heavy atom. The van der Waals surface area contributed by atoms with Crippen LogP contribution in [0.15, 0.2) is 17.5 Å². The molecule has 0 unspecified atom stereocenters. The van der Waals surface area contributed by atoms with E-state index in [2.05, 4.69) is 27.3 Å². The van der Waals surface area contributed by atoms with Gasteiger partial charge in [-0.2, -0.15) is 0 Å². The summed E-state index contributed by atoms with van der Waals surface area (Å²) in [4.78, 5) is 6.29. The first-order chi connectivity index (χ1) is 8.03. The van der Waals surface area contributed by atoms with Crippen LogP contribution in [0.5, 0.6) is 0 Å². The molecule has 2 rings (SSSR count). The molecule has 17 heavy (non-hydrogen) atoms. The van der Waals surface area contributed by atoms with Crippen LogP contribution < -0.4 is 0 Å². The number of β-amino-alcohol motifs (C(OH)–C–C–N with tert-alkyl or cyclic N) is 1. The summed E-state index contributed by atoms with van der Waals surface area (Å²) in [7, 11) is 0. The molecule has 96 valence electrons. The van der Waals surface area contributed by atoms with Gasteiger partial charge in [-0.15, -0.1) is 11.3 Å². The molecule has 0 bridgehead atoms. The van der Waals surface area contributed by atoms with Crippen LogP contribution in [0, 0.1) is 0 Å². The van der Waals surface area contributed by atoms with E-state index in [4.69, 9.17) is 0 Å². The van der Waals surface area contributed by atoms with E-state index in [9.17, 15) is 5.11 Å². The summed E-state index contributed by atoms with van der Waals surface area (Å²) in [6, 6.07) is 4.32. The van der Waals surface area contributed by atoms with Crippen molar-refractivity contribution in [2.24, 2.45) is 0 Å². The average molecular weight is 254 g/mol. The molecule has 1 aromatic rings. The van der Waals surface area contributed by atoms with Gasteiger partial charge in [-0.05, 0) is 25.3 Å². The summed E-state index contributed by atoms with van der Waals surface area (Å²) in [6.45, 7) is 9.95. The Morgan fingerprint density at radius 3 is 2.41 bits per heavy atom. The Labute approximate surface area is 108 Å². The van der Waals surface area contributed by atoms with Gasteiger partial charge in [-0.1, -0.05) is 6.07 Å². The Hall–Kier alpha value is -0.420. The van der Waals surface area contributed by atoms with Gasteiger partial charge < -0.3 is 5.11 Å². The zero-order valence-electron chi connectivity index (χ0n) is 10.7. The molecule has 1 fully saturated rings. The molecule has 1 aromatic heterocycles. The SMILES string of the molecule is CC(C)(O)CN1CCN(Cc2cccs2)CC1. The number of thiophene rings is 1. The standard InChI is InChI=1S/C13H22N2OS/c1-13(2,16)11-15-7-5-14(6-8-15)10-12-4-3-9-17-12/h3-4,9,16H,5-8,10-11H2,1-2H3. The highest BCUT2D eigenvalue weighted by Gasteiger charge is 2.22. The topological polar surface area (TPSA) is 26.7 Å². The second-order valence-corrected chi connectivity index (χ2v) is 6.48. The van der Waals surface area contributed by atoms with E-state index in [1.165, 1.54) is 4.88 Å². The third kappa shape index (κ3) is 4.39. The highest BCUT2D eigenvalue weighted by molar-refractivity contribution is 7.09. The van der Waals surface area contributed by atoms with Gasteiger partial charge in [-0.3, -0.25) is 9.80 Å². The molecule has 1 aliphatic heterocycles. The molecule has 0 amide bonds. The number of hydrogen-bond donors (Lipinski definition) is 1. The van der Waals surface area contributed by atoms with Crippen molar-refractivity contribution in [2.75, 3.05) is 32.7 Å². The smallest absolute Gasteiger partial charge is 0.0718 e. The number of rotatable bonds is 4. The Bertz CT molecular complexity index is 324. The van der Waals surface area contributed by atoms with Gasteiger partial charge in [0.25, 0.3) is 0 Å². The highest BCUT2D eigenvalue weighted by Crippen LogP contribution is 2.14. The third-order valence-corrected chi connectivity index (χ3v) is 3.90. The first kappa shape index (κ1) is 13.0. The van der Waals surface area contributed by atoms with E-state index in [1.54, 1.807) is 0 Å². The fourth-order valence-corrected chi connectivity index (χ4v) is 3.02. The van der Waals surface area contributed by atoms with Gasteiger partial charge in [0.2, 0.25) is 0 Å². The van der Waals surface area contributed by atoms with Crippen LogP contribution in [0.2, 0.25) is 0 Å². The molecular weight excluding hydrogens is 232 g/mol. The quantitative estimate of drug-likeness (QED) is 0.885. The maximum Gasteiger partial charge on any atom is 0.0718 e. The van der Waals surface area contributed by atoms with E-state index >= 15 is 0 Å². The second kappa shape index (κ2) is 5.48. The molecule has 0 saturated carbocycles. The first-order valence-corrected chi connectivity index (χ1v) is 7.10. The van der Waals surface area contributed by atoms with Crippen LogP contribution in [0.1, 0.15) is 18.7 Å². The zero-order chi connectivity index (χ0) is 12.3. The van der Waals surface area contributed by atoms with Gasteiger partial charge in [0.05, 0.1) is 5.60 Å². The molecule has 3 nitrogen and oxygen atoms in total. The Kier molecular flexibility index (Phi) is 4.20. The largest absolute Gasteiger partial charge is 0.389 e. The van der Waals surface area contributed by atoms with E-state index in [1.807, 2.05) is 25.2 Å². The van der Waals surface area contributed by atoms with Crippen molar-refractivity contribution in [2.45, 2.75) is 26.0 Å². The third-order valence-electron chi connectivity index (χ3n) is 3.04. The van der Waals surface area contributed by atoms with E-state index in [0.29, 0.717) is 0 Å². The van der Waals surface area contributed by atoms with E-state index in [-0.39, 0.29) is 0 Å². The molecule has 0 atom stereocenters. The lowest BCUT2D eigenvalue weighted by Crippen LogP contribution is -2.50. The molecule has 1 N–H and O–H groups in total. The molecular formula is C13H22N2OS. The maximum atomic E-state index is 9.79. The predicted molar refractivity (Wildman–Crippen MR) is 72.3 cm³/mol. The van der Waals surface area contributed by atoms with Crippen LogP contribution >= 0.6 is 11.3 Å². The van der Waals surface area contributed by atoms with Crippen molar-refractivity contribution in [1.29, 1.82) is 0 Å². The molecule has 0 aliphatic carbocycles. The predicted octanol–water partition coefficient (Wildman–Crippen LogP) is 1.64. The van der Waals surface area contributed by atoms with Crippen LogP contribution in [-0.4, -0.2) is 53.2 Å². The Morgan fingerprint density at radius 1 is 1.24 bits per heavy atom. The van der Waals surface area contributed by atoms with Crippen LogP contribution in [0.25, 0.3) is 0 Å². The fourth-order valence-electron chi connectivity index (χ4n) is 2.28. The van der Waals surface area contributed by atoms with Crippen LogP contribution in [0.3, 0.4) is 0 Å². The number of aliphatic hydroxyl groups is 1. The van der Waals surface area contributed by atoms with Gasteiger partial charge in [-0.25, -0.2) is 0 Å². The minimum Gasteiger partial charge on any atom is -0.389 e. The summed E-state index contributed by atoms with van der Waals surface area (Å²) >= 11 is 1.83. The minimum absolute atomic E-state index is 0.573. The lowest BCUT2D eigenvalue weighted by atomic mass is 10.1. The normalized spacial score (nSPS) is 19.7. The monoisotopic (exact) mass is 254 g/mol. The molecule has 2 heterocycles.